The number of nitrogens with zero attached hydrogens (tertiary/aromatic N) is 1. The van der Waals surface area contributed by atoms with Gasteiger partial charge < -0.3 is 14.7 Å². The Hall–Kier alpha value is -2.24. The maximum atomic E-state index is 13.4. The van der Waals surface area contributed by atoms with Gasteiger partial charge in [0, 0.05) is 13.0 Å². The molecular formula is C21H22FNO3. The first-order chi connectivity index (χ1) is 12.6. The molecule has 0 aromatic heterocycles. The van der Waals surface area contributed by atoms with Gasteiger partial charge in [-0.2, -0.15) is 0 Å². The Labute approximate surface area is 152 Å². The van der Waals surface area contributed by atoms with Crippen molar-refractivity contribution in [3.05, 3.63) is 71.0 Å². The van der Waals surface area contributed by atoms with Crippen LogP contribution in [0.15, 0.2) is 48.5 Å². The summed E-state index contributed by atoms with van der Waals surface area (Å²) in [6, 6.07) is 14.1. The van der Waals surface area contributed by atoms with E-state index >= 15 is 0 Å². The Morgan fingerprint density at radius 1 is 1.15 bits per heavy atom. The minimum absolute atomic E-state index is 0.104. The average Bonchev–Trinajstić information content (AvgIpc) is 2.67. The van der Waals surface area contributed by atoms with Gasteiger partial charge in [0.05, 0.1) is 18.8 Å². The SMILES string of the molecule is O=C([C@H]1C[C@H](O)CCO1)N1CCc2ccccc2[C@@H]1c1ccc(F)cc1. The number of aliphatic hydroxyl groups is 1. The third kappa shape index (κ3) is 3.24. The summed E-state index contributed by atoms with van der Waals surface area (Å²) in [7, 11) is 0. The lowest BCUT2D eigenvalue weighted by atomic mass is 9.87. The smallest absolute Gasteiger partial charge is 0.252 e. The van der Waals surface area contributed by atoms with E-state index in [9.17, 15) is 14.3 Å². The van der Waals surface area contributed by atoms with Crippen molar-refractivity contribution in [3.8, 4) is 0 Å². The molecule has 3 atom stereocenters. The molecule has 26 heavy (non-hydrogen) atoms. The summed E-state index contributed by atoms with van der Waals surface area (Å²) in [6.45, 7) is 0.969. The highest BCUT2D eigenvalue weighted by atomic mass is 19.1. The Kier molecular flexibility index (Phi) is 4.74. The van der Waals surface area contributed by atoms with Gasteiger partial charge in [-0.05, 0) is 41.7 Å². The second-order valence-corrected chi connectivity index (χ2v) is 6.97. The van der Waals surface area contributed by atoms with Crippen LogP contribution in [0.4, 0.5) is 4.39 Å². The highest BCUT2D eigenvalue weighted by Crippen LogP contribution is 2.36. The Bertz CT molecular complexity index is 792. The van der Waals surface area contributed by atoms with E-state index in [1.54, 1.807) is 12.1 Å². The van der Waals surface area contributed by atoms with Crippen LogP contribution in [0.5, 0.6) is 0 Å². The number of amides is 1. The van der Waals surface area contributed by atoms with Gasteiger partial charge in [-0.1, -0.05) is 36.4 Å². The van der Waals surface area contributed by atoms with Gasteiger partial charge in [-0.3, -0.25) is 4.79 Å². The number of aliphatic hydroxyl groups excluding tert-OH is 1. The first-order valence-corrected chi connectivity index (χ1v) is 9.07. The first kappa shape index (κ1) is 17.2. The van der Waals surface area contributed by atoms with Crippen molar-refractivity contribution in [3.63, 3.8) is 0 Å². The number of benzene rings is 2. The summed E-state index contributed by atoms with van der Waals surface area (Å²) in [4.78, 5) is 15.0. The molecule has 0 spiro atoms. The van der Waals surface area contributed by atoms with Crippen LogP contribution in [0.3, 0.4) is 0 Å². The Balaban J connectivity index is 1.71. The van der Waals surface area contributed by atoms with Gasteiger partial charge in [-0.25, -0.2) is 4.39 Å². The second kappa shape index (κ2) is 7.17. The molecule has 2 aromatic rings. The lowest BCUT2D eigenvalue weighted by Gasteiger charge is -2.40. The highest BCUT2D eigenvalue weighted by molar-refractivity contribution is 5.82. The molecular weight excluding hydrogens is 333 g/mol. The van der Waals surface area contributed by atoms with Crippen LogP contribution in [0.25, 0.3) is 0 Å². The molecule has 5 heteroatoms. The number of ether oxygens (including phenoxy) is 1. The molecule has 0 aliphatic carbocycles. The van der Waals surface area contributed by atoms with E-state index in [-0.39, 0.29) is 17.8 Å². The number of carbonyl (C=O) groups excluding carboxylic acids is 1. The maximum Gasteiger partial charge on any atom is 0.252 e. The van der Waals surface area contributed by atoms with E-state index in [1.807, 2.05) is 23.1 Å². The van der Waals surface area contributed by atoms with Gasteiger partial charge in [-0.15, -0.1) is 0 Å². The Morgan fingerprint density at radius 2 is 1.92 bits per heavy atom. The van der Waals surface area contributed by atoms with Crippen LogP contribution in [0.1, 0.15) is 35.6 Å². The van der Waals surface area contributed by atoms with Gasteiger partial charge >= 0.3 is 0 Å². The van der Waals surface area contributed by atoms with Gasteiger partial charge in [0.25, 0.3) is 5.91 Å². The molecule has 4 nitrogen and oxygen atoms in total. The molecule has 2 aromatic carbocycles. The number of hydrogen-bond acceptors (Lipinski definition) is 3. The van der Waals surface area contributed by atoms with Gasteiger partial charge in [0.15, 0.2) is 0 Å². The van der Waals surface area contributed by atoms with Crippen molar-refractivity contribution < 1.29 is 19.0 Å². The largest absolute Gasteiger partial charge is 0.393 e. The van der Waals surface area contributed by atoms with Crippen LogP contribution >= 0.6 is 0 Å². The zero-order valence-corrected chi connectivity index (χ0v) is 14.5. The summed E-state index contributed by atoms with van der Waals surface area (Å²) in [5.74, 6) is -0.401. The van der Waals surface area contributed by atoms with Crippen LogP contribution in [0.2, 0.25) is 0 Å². The van der Waals surface area contributed by atoms with Gasteiger partial charge in [0.1, 0.15) is 11.9 Å². The molecule has 2 aliphatic rings. The van der Waals surface area contributed by atoms with Crippen molar-refractivity contribution in [2.45, 2.75) is 37.5 Å². The molecule has 1 amide bonds. The fourth-order valence-corrected chi connectivity index (χ4v) is 3.94. The van der Waals surface area contributed by atoms with Gasteiger partial charge in [0.2, 0.25) is 0 Å². The fourth-order valence-electron chi connectivity index (χ4n) is 3.94. The molecule has 0 radical (unpaired) electrons. The maximum absolute atomic E-state index is 13.4. The number of rotatable bonds is 2. The van der Waals surface area contributed by atoms with Crippen LogP contribution in [-0.2, 0) is 16.0 Å². The first-order valence-electron chi connectivity index (χ1n) is 9.07. The van der Waals surface area contributed by atoms with Crippen molar-refractivity contribution >= 4 is 5.91 Å². The second-order valence-electron chi connectivity index (χ2n) is 6.97. The van der Waals surface area contributed by atoms with E-state index < -0.39 is 12.2 Å². The topological polar surface area (TPSA) is 49.8 Å². The number of hydrogen-bond donors (Lipinski definition) is 1. The zero-order valence-electron chi connectivity index (χ0n) is 14.5. The van der Waals surface area contributed by atoms with E-state index in [0.717, 1.165) is 17.5 Å². The average molecular weight is 355 g/mol. The molecule has 1 saturated heterocycles. The highest BCUT2D eigenvalue weighted by Gasteiger charge is 2.37. The Morgan fingerprint density at radius 3 is 2.69 bits per heavy atom. The molecule has 0 bridgehead atoms. The van der Waals surface area contributed by atoms with Crippen molar-refractivity contribution in [2.24, 2.45) is 0 Å². The summed E-state index contributed by atoms with van der Waals surface area (Å²) in [5, 5.41) is 9.91. The predicted molar refractivity (Wildman–Crippen MR) is 95.1 cm³/mol. The molecule has 0 saturated carbocycles. The molecule has 136 valence electrons. The standard InChI is InChI=1S/C21H22FNO3/c22-16-7-5-15(6-8-16)20-18-4-2-1-3-14(18)9-11-23(20)21(25)19-13-17(24)10-12-26-19/h1-8,17,19-20,24H,9-13H2/t17-,19-,20+/m1/s1. The third-order valence-corrected chi connectivity index (χ3v) is 5.28. The summed E-state index contributed by atoms with van der Waals surface area (Å²) < 4.78 is 19.1. The summed E-state index contributed by atoms with van der Waals surface area (Å²) in [6.07, 6.45) is 0.543. The van der Waals surface area contributed by atoms with Crippen molar-refractivity contribution in [1.82, 2.24) is 4.90 Å². The van der Waals surface area contributed by atoms with E-state index in [1.165, 1.54) is 17.7 Å². The molecule has 2 heterocycles. The van der Waals surface area contributed by atoms with Crippen molar-refractivity contribution in [1.29, 1.82) is 0 Å². The van der Waals surface area contributed by atoms with Crippen LogP contribution in [-0.4, -0.2) is 41.3 Å². The van der Waals surface area contributed by atoms with Crippen LogP contribution < -0.4 is 0 Å². The fraction of sp³-hybridized carbons (Fsp3) is 0.381. The quantitative estimate of drug-likeness (QED) is 0.901. The molecule has 0 unspecified atom stereocenters. The normalized spacial score (nSPS) is 25.6. The molecule has 1 N–H and O–H groups in total. The number of fused-ring (bicyclic) bond motifs is 1. The van der Waals surface area contributed by atoms with Crippen molar-refractivity contribution in [2.75, 3.05) is 13.2 Å². The lowest BCUT2D eigenvalue weighted by molar-refractivity contribution is -0.152. The zero-order chi connectivity index (χ0) is 18.1. The van der Waals surface area contributed by atoms with E-state index in [0.29, 0.717) is 26.0 Å². The molecule has 2 aliphatic heterocycles. The minimum atomic E-state index is -0.619. The van der Waals surface area contributed by atoms with E-state index in [4.69, 9.17) is 4.74 Å². The minimum Gasteiger partial charge on any atom is -0.393 e. The molecule has 1 fully saturated rings. The van der Waals surface area contributed by atoms with E-state index in [2.05, 4.69) is 6.07 Å². The van der Waals surface area contributed by atoms with Crippen LogP contribution in [0, 0.1) is 5.82 Å². The monoisotopic (exact) mass is 355 g/mol. The number of carbonyl (C=O) groups is 1. The lowest BCUT2D eigenvalue weighted by Crippen LogP contribution is -2.48. The summed E-state index contributed by atoms with van der Waals surface area (Å²) >= 11 is 0. The third-order valence-electron chi connectivity index (χ3n) is 5.28. The molecule has 4 rings (SSSR count). The summed E-state index contributed by atoms with van der Waals surface area (Å²) in [5.41, 5.74) is 3.15. The number of halogens is 1. The predicted octanol–water partition coefficient (Wildman–Crippen LogP) is 2.84.